The summed E-state index contributed by atoms with van der Waals surface area (Å²) >= 11 is 11.6. The summed E-state index contributed by atoms with van der Waals surface area (Å²) in [5.74, 6) is 0. The summed E-state index contributed by atoms with van der Waals surface area (Å²) in [6.45, 7) is 1.78. The van der Waals surface area contributed by atoms with Crippen molar-refractivity contribution in [3.8, 4) is 0 Å². The van der Waals surface area contributed by atoms with E-state index in [0.717, 1.165) is 18.4 Å². The fourth-order valence-corrected chi connectivity index (χ4v) is 1.39. The molecule has 0 fully saturated rings. The Bertz CT molecular complexity index is 284. The van der Waals surface area contributed by atoms with Crippen LogP contribution in [0.25, 0.3) is 0 Å². The van der Waals surface area contributed by atoms with E-state index >= 15 is 0 Å². The zero-order chi connectivity index (χ0) is 9.84. The van der Waals surface area contributed by atoms with E-state index in [0.29, 0.717) is 10.0 Å². The molecular weight excluding hydrogens is 207 g/mol. The molecule has 0 bridgehead atoms. The maximum Gasteiger partial charge on any atom is 0.0595 e. The average molecular weight is 219 g/mol. The van der Waals surface area contributed by atoms with Crippen LogP contribution in [-0.2, 0) is 6.42 Å². The predicted octanol–water partition coefficient (Wildman–Crippen LogP) is 3.31. The molecule has 0 aliphatic heterocycles. The van der Waals surface area contributed by atoms with Crippen LogP contribution in [0.15, 0.2) is 18.2 Å². The molecule has 0 heterocycles. The van der Waals surface area contributed by atoms with Gasteiger partial charge in [-0.3, -0.25) is 0 Å². The lowest BCUT2D eigenvalue weighted by Crippen LogP contribution is -2.01. The molecule has 0 unspecified atom stereocenters. The second-order valence-electron chi connectivity index (χ2n) is 3.14. The number of aryl methyl sites for hydroxylation is 1. The first-order valence-corrected chi connectivity index (χ1v) is 4.97. The minimum Gasteiger partial charge on any atom is -0.393 e. The van der Waals surface area contributed by atoms with Crippen LogP contribution in [0.3, 0.4) is 0 Å². The molecule has 0 radical (unpaired) electrons. The van der Waals surface area contributed by atoms with Gasteiger partial charge in [-0.05, 0) is 37.5 Å². The van der Waals surface area contributed by atoms with Crippen molar-refractivity contribution >= 4 is 23.2 Å². The van der Waals surface area contributed by atoms with Gasteiger partial charge in [0.2, 0.25) is 0 Å². The first kappa shape index (κ1) is 10.8. The Labute approximate surface area is 88.3 Å². The van der Waals surface area contributed by atoms with Crippen LogP contribution in [0.5, 0.6) is 0 Å². The molecule has 1 aromatic carbocycles. The summed E-state index contributed by atoms with van der Waals surface area (Å²) in [5.41, 5.74) is 1.11. The van der Waals surface area contributed by atoms with Crippen molar-refractivity contribution in [1.29, 1.82) is 0 Å². The molecule has 13 heavy (non-hydrogen) atoms. The van der Waals surface area contributed by atoms with E-state index in [4.69, 9.17) is 28.3 Å². The summed E-state index contributed by atoms with van der Waals surface area (Å²) in [7, 11) is 0. The van der Waals surface area contributed by atoms with Crippen LogP contribution in [0.1, 0.15) is 18.9 Å². The Kier molecular flexibility index (Phi) is 4.04. The van der Waals surface area contributed by atoms with Gasteiger partial charge in [0.15, 0.2) is 0 Å². The van der Waals surface area contributed by atoms with Gasteiger partial charge in [0.1, 0.15) is 0 Å². The standard InChI is InChI=1S/C10H12Cl2O/c1-7(13)2-3-8-4-5-9(11)10(12)6-8/h4-7,13H,2-3H2,1H3/t7-/m0/s1. The van der Waals surface area contributed by atoms with Crippen molar-refractivity contribution in [2.45, 2.75) is 25.9 Å². The minimum atomic E-state index is -0.269. The second kappa shape index (κ2) is 4.85. The molecule has 1 N–H and O–H groups in total. The fourth-order valence-electron chi connectivity index (χ4n) is 1.07. The normalized spacial score (nSPS) is 12.9. The first-order chi connectivity index (χ1) is 6.09. The van der Waals surface area contributed by atoms with Crippen LogP contribution in [0.4, 0.5) is 0 Å². The van der Waals surface area contributed by atoms with Crippen LogP contribution in [-0.4, -0.2) is 11.2 Å². The molecule has 1 atom stereocenters. The van der Waals surface area contributed by atoms with Crippen LogP contribution in [0, 0.1) is 0 Å². The molecule has 1 aromatic rings. The smallest absolute Gasteiger partial charge is 0.0595 e. The van der Waals surface area contributed by atoms with Crippen molar-refractivity contribution in [2.75, 3.05) is 0 Å². The monoisotopic (exact) mass is 218 g/mol. The topological polar surface area (TPSA) is 20.2 Å². The number of aliphatic hydroxyl groups excluding tert-OH is 1. The van der Waals surface area contributed by atoms with Crippen LogP contribution < -0.4 is 0 Å². The number of halogens is 2. The summed E-state index contributed by atoms with van der Waals surface area (Å²) in [4.78, 5) is 0. The van der Waals surface area contributed by atoms with Crippen LogP contribution >= 0.6 is 23.2 Å². The van der Waals surface area contributed by atoms with E-state index in [1.165, 1.54) is 0 Å². The molecule has 1 nitrogen and oxygen atoms in total. The molecule has 0 aliphatic rings. The van der Waals surface area contributed by atoms with E-state index in [2.05, 4.69) is 0 Å². The van der Waals surface area contributed by atoms with Crippen molar-refractivity contribution < 1.29 is 5.11 Å². The third-order valence-corrected chi connectivity index (χ3v) is 2.57. The van der Waals surface area contributed by atoms with Crippen molar-refractivity contribution in [2.24, 2.45) is 0 Å². The number of hydrogen-bond acceptors (Lipinski definition) is 1. The van der Waals surface area contributed by atoms with Crippen molar-refractivity contribution in [1.82, 2.24) is 0 Å². The summed E-state index contributed by atoms with van der Waals surface area (Å²) < 4.78 is 0. The lowest BCUT2D eigenvalue weighted by Gasteiger charge is -2.04. The predicted molar refractivity (Wildman–Crippen MR) is 56.5 cm³/mol. The van der Waals surface area contributed by atoms with Gasteiger partial charge < -0.3 is 5.11 Å². The minimum absolute atomic E-state index is 0.269. The Morgan fingerprint density at radius 1 is 1.31 bits per heavy atom. The Morgan fingerprint density at radius 3 is 2.54 bits per heavy atom. The first-order valence-electron chi connectivity index (χ1n) is 4.21. The Morgan fingerprint density at radius 2 is 2.00 bits per heavy atom. The highest BCUT2D eigenvalue weighted by Gasteiger charge is 2.01. The highest BCUT2D eigenvalue weighted by Crippen LogP contribution is 2.23. The van der Waals surface area contributed by atoms with Gasteiger partial charge in [0, 0.05) is 0 Å². The molecule has 0 aliphatic carbocycles. The highest BCUT2D eigenvalue weighted by molar-refractivity contribution is 6.42. The van der Waals surface area contributed by atoms with Gasteiger partial charge in [-0.2, -0.15) is 0 Å². The largest absolute Gasteiger partial charge is 0.393 e. The molecule has 0 aromatic heterocycles. The zero-order valence-corrected chi connectivity index (χ0v) is 8.94. The maximum atomic E-state index is 9.08. The Hall–Kier alpha value is -0.240. The maximum absolute atomic E-state index is 9.08. The summed E-state index contributed by atoms with van der Waals surface area (Å²) in [6, 6.07) is 5.55. The van der Waals surface area contributed by atoms with Crippen molar-refractivity contribution in [3.05, 3.63) is 33.8 Å². The van der Waals surface area contributed by atoms with Gasteiger partial charge in [-0.25, -0.2) is 0 Å². The quantitative estimate of drug-likeness (QED) is 0.826. The Balaban J connectivity index is 2.63. The molecule has 1 rings (SSSR count). The molecule has 0 spiro atoms. The number of rotatable bonds is 3. The third-order valence-electron chi connectivity index (χ3n) is 1.83. The van der Waals surface area contributed by atoms with Crippen molar-refractivity contribution in [3.63, 3.8) is 0 Å². The highest BCUT2D eigenvalue weighted by atomic mass is 35.5. The number of hydrogen-bond donors (Lipinski definition) is 1. The van der Waals surface area contributed by atoms with Crippen LogP contribution in [0.2, 0.25) is 10.0 Å². The summed E-state index contributed by atoms with van der Waals surface area (Å²) in [5, 5.41) is 10.2. The second-order valence-corrected chi connectivity index (χ2v) is 3.95. The molecule has 0 saturated heterocycles. The molecular formula is C10H12Cl2O. The zero-order valence-electron chi connectivity index (χ0n) is 7.43. The molecule has 72 valence electrons. The van der Waals surface area contributed by atoms with E-state index in [1.807, 2.05) is 12.1 Å². The number of aliphatic hydroxyl groups is 1. The van der Waals surface area contributed by atoms with Gasteiger partial charge in [-0.15, -0.1) is 0 Å². The number of benzene rings is 1. The summed E-state index contributed by atoms with van der Waals surface area (Å²) in [6.07, 6.45) is 1.31. The van der Waals surface area contributed by atoms with E-state index in [9.17, 15) is 0 Å². The lowest BCUT2D eigenvalue weighted by molar-refractivity contribution is 0.185. The lowest BCUT2D eigenvalue weighted by atomic mass is 10.1. The molecule has 0 amide bonds. The average Bonchev–Trinajstić information content (AvgIpc) is 2.07. The molecule has 3 heteroatoms. The van der Waals surface area contributed by atoms with E-state index in [1.54, 1.807) is 13.0 Å². The fraction of sp³-hybridized carbons (Fsp3) is 0.400. The SMILES string of the molecule is C[C@H](O)CCc1ccc(Cl)c(Cl)c1. The van der Waals surface area contributed by atoms with Gasteiger partial charge >= 0.3 is 0 Å². The van der Waals surface area contributed by atoms with Gasteiger partial charge in [0.25, 0.3) is 0 Å². The van der Waals surface area contributed by atoms with E-state index < -0.39 is 0 Å². The van der Waals surface area contributed by atoms with Gasteiger partial charge in [-0.1, -0.05) is 29.3 Å². The van der Waals surface area contributed by atoms with E-state index in [-0.39, 0.29) is 6.10 Å². The molecule has 0 saturated carbocycles. The third kappa shape index (κ3) is 3.55. The van der Waals surface area contributed by atoms with Gasteiger partial charge in [0.05, 0.1) is 16.1 Å².